The third kappa shape index (κ3) is 3.58. The van der Waals surface area contributed by atoms with Crippen LogP contribution in [0.25, 0.3) is 0 Å². The molecule has 1 atom stereocenters. The molecule has 106 valence electrons. The van der Waals surface area contributed by atoms with Crippen molar-refractivity contribution in [3.05, 3.63) is 52.8 Å². The minimum Gasteiger partial charge on any atom is -0.376 e. The van der Waals surface area contributed by atoms with E-state index in [0.717, 1.165) is 15.9 Å². The number of halogens is 1. The second kappa shape index (κ2) is 5.93. The number of pyridine rings is 1. The third-order valence-corrected chi connectivity index (χ3v) is 4.70. The summed E-state index contributed by atoms with van der Waals surface area (Å²) in [5.41, 5.74) is 1.90. The molecule has 0 amide bonds. The average molecular weight is 355 g/mol. The van der Waals surface area contributed by atoms with Crippen molar-refractivity contribution in [2.75, 3.05) is 11.6 Å². The van der Waals surface area contributed by atoms with Crippen molar-refractivity contribution in [2.24, 2.45) is 0 Å². The lowest BCUT2D eigenvalue weighted by atomic mass is 10.1. The highest BCUT2D eigenvalue weighted by Crippen LogP contribution is 2.25. The zero-order chi connectivity index (χ0) is 14.8. The fourth-order valence-corrected chi connectivity index (χ4v) is 2.81. The first-order valence-corrected chi connectivity index (χ1v) is 8.73. The summed E-state index contributed by atoms with van der Waals surface area (Å²) in [5.74, 6) is 0. The number of benzene rings is 1. The molecule has 0 bridgehead atoms. The summed E-state index contributed by atoms with van der Waals surface area (Å²) < 4.78 is 23.6. The molecule has 1 heterocycles. The molecule has 1 aromatic heterocycles. The van der Waals surface area contributed by atoms with E-state index in [-0.39, 0.29) is 6.04 Å². The summed E-state index contributed by atoms with van der Waals surface area (Å²) in [6, 6.07) is 10.7. The van der Waals surface area contributed by atoms with Crippen molar-refractivity contribution in [1.82, 2.24) is 4.98 Å². The number of hydrogen-bond acceptors (Lipinski definition) is 4. The molecule has 1 N–H and O–H groups in total. The Morgan fingerprint density at radius 3 is 2.40 bits per heavy atom. The second-order valence-electron chi connectivity index (χ2n) is 4.55. The molecule has 0 aliphatic rings. The minimum absolute atomic E-state index is 0.0455. The van der Waals surface area contributed by atoms with Crippen molar-refractivity contribution in [1.29, 1.82) is 0 Å². The van der Waals surface area contributed by atoms with Crippen molar-refractivity contribution < 1.29 is 8.42 Å². The molecule has 6 heteroatoms. The van der Waals surface area contributed by atoms with Gasteiger partial charge in [-0.1, -0.05) is 12.1 Å². The standard InChI is InChI=1S/C14H15BrN2O2S/c1-10(17-13-4-3-9-16-14(13)15)11-5-7-12(8-6-11)20(2,18)19/h3-10,17H,1-2H3. The van der Waals surface area contributed by atoms with Crippen LogP contribution in [0, 0.1) is 0 Å². The molecule has 4 nitrogen and oxygen atoms in total. The molecule has 0 aliphatic heterocycles. The summed E-state index contributed by atoms with van der Waals surface area (Å²) in [4.78, 5) is 4.48. The maximum absolute atomic E-state index is 11.4. The van der Waals surface area contributed by atoms with Crippen LogP contribution in [0.3, 0.4) is 0 Å². The number of anilines is 1. The van der Waals surface area contributed by atoms with Gasteiger partial charge in [-0.2, -0.15) is 0 Å². The third-order valence-electron chi connectivity index (χ3n) is 2.94. The predicted octanol–water partition coefficient (Wildman–Crippen LogP) is 3.42. The van der Waals surface area contributed by atoms with E-state index in [1.807, 2.05) is 31.2 Å². The summed E-state index contributed by atoms with van der Waals surface area (Å²) in [7, 11) is -3.15. The molecule has 1 unspecified atom stereocenters. The van der Waals surface area contributed by atoms with Crippen LogP contribution in [0.5, 0.6) is 0 Å². The molecule has 0 saturated heterocycles. The molecule has 1 aromatic carbocycles. The maximum atomic E-state index is 11.4. The molecule has 2 rings (SSSR count). The monoisotopic (exact) mass is 354 g/mol. The highest BCUT2D eigenvalue weighted by molar-refractivity contribution is 9.10. The first kappa shape index (κ1) is 15.0. The Morgan fingerprint density at radius 2 is 1.85 bits per heavy atom. The number of rotatable bonds is 4. The van der Waals surface area contributed by atoms with E-state index in [0.29, 0.717) is 4.90 Å². The van der Waals surface area contributed by atoms with Crippen molar-refractivity contribution in [2.45, 2.75) is 17.9 Å². The zero-order valence-electron chi connectivity index (χ0n) is 11.2. The van der Waals surface area contributed by atoms with Gasteiger partial charge in [0.1, 0.15) is 4.60 Å². The van der Waals surface area contributed by atoms with Crippen LogP contribution in [0.4, 0.5) is 5.69 Å². The lowest BCUT2D eigenvalue weighted by Crippen LogP contribution is -2.08. The number of nitrogens with zero attached hydrogens (tertiary/aromatic N) is 1. The molecular weight excluding hydrogens is 340 g/mol. The average Bonchev–Trinajstić information content (AvgIpc) is 2.40. The molecular formula is C14H15BrN2O2S. The van der Waals surface area contributed by atoms with Gasteiger partial charge in [0, 0.05) is 18.5 Å². The van der Waals surface area contributed by atoms with Gasteiger partial charge in [0.05, 0.1) is 10.6 Å². The van der Waals surface area contributed by atoms with E-state index < -0.39 is 9.84 Å². The summed E-state index contributed by atoms with van der Waals surface area (Å²) in [5, 5.41) is 3.33. The maximum Gasteiger partial charge on any atom is 0.175 e. The van der Waals surface area contributed by atoms with Crippen LogP contribution < -0.4 is 5.32 Å². The van der Waals surface area contributed by atoms with Gasteiger partial charge in [0.2, 0.25) is 0 Å². The van der Waals surface area contributed by atoms with E-state index >= 15 is 0 Å². The van der Waals surface area contributed by atoms with E-state index in [1.54, 1.807) is 18.3 Å². The Labute approximate surface area is 127 Å². The molecule has 0 aliphatic carbocycles. The Hall–Kier alpha value is -1.40. The van der Waals surface area contributed by atoms with Crippen molar-refractivity contribution in [3.8, 4) is 0 Å². The highest BCUT2D eigenvalue weighted by atomic mass is 79.9. The van der Waals surface area contributed by atoms with E-state index in [9.17, 15) is 8.42 Å². The van der Waals surface area contributed by atoms with Crippen molar-refractivity contribution >= 4 is 31.5 Å². The summed E-state index contributed by atoms with van der Waals surface area (Å²) >= 11 is 3.38. The van der Waals surface area contributed by atoms with Gasteiger partial charge in [-0.15, -0.1) is 0 Å². The fraction of sp³-hybridized carbons (Fsp3) is 0.214. The first-order chi connectivity index (χ1) is 9.38. The molecule has 20 heavy (non-hydrogen) atoms. The predicted molar refractivity (Wildman–Crippen MR) is 83.5 cm³/mol. The van der Waals surface area contributed by atoms with Gasteiger partial charge in [0.25, 0.3) is 0 Å². The van der Waals surface area contributed by atoms with Crippen LogP contribution in [0.15, 0.2) is 52.1 Å². The van der Waals surface area contributed by atoms with Crippen LogP contribution in [0.2, 0.25) is 0 Å². The van der Waals surface area contributed by atoms with Gasteiger partial charge < -0.3 is 5.32 Å². The Kier molecular flexibility index (Phi) is 4.45. The number of nitrogens with one attached hydrogen (secondary N) is 1. The molecule has 0 fully saturated rings. The fourth-order valence-electron chi connectivity index (χ4n) is 1.81. The number of hydrogen-bond donors (Lipinski definition) is 1. The van der Waals surface area contributed by atoms with Crippen LogP contribution in [0.1, 0.15) is 18.5 Å². The second-order valence-corrected chi connectivity index (χ2v) is 7.32. The van der Waals surface area contributed by atoms with Crippen LogP contribution in [-0.4, -0.2) is 19.7 Å². The number of sulfone groups is 1. The molecule has 0 radical (unpaired) electrons. The van der Waals surface area contributed by atoms with E-state index in [2.05, 4.69) is 26.2 Å². The van der Waals surface area contributed by atoms with Gasteiger partial charge in [-0.3, -0.25) is 0 Å². The molecule has 0 saturated carbocycles. The van der Waals surface area contributed by atoms with Gasteiger partial charge in [0.15, 0.2) is 9.84 Å². The van der Waals surface area contributed by atoms with E-state index in [1.165, 1.54) is 6.26 Å². The Morgan fingerprint density at radius 1 is 1.20 bits per heavy atom. The summed E-state index contributed by atoms with van der Waals surface area (Å²) in [6.07, 6.45) is 2.91. The summed E-state index contributed by atoms with van der Waals surface area (Å²) in [6.45, 7) is 2.01. The van der Waals surface area contributed by atoms with Crippen LogP contribution in [-0.2, 0) is 9.84 Å². The Bertz CT molecular complexity index is 699. The largest absolute Gasteiger partial charge is 0.376 e. The van der Waals surface area contributed by atoms with Gasteiger partial charge >= 0.3 is 0 Å². The zero-order valence-corrected chi connectivity index (χ0v) is 13.6. The van der Waals surface area contributed by atoms with Gasteiger partial charge in [-0.05, 0) is 52.7 Å². The number of aromatic nitrogens is 1. The lowest BCUT2D eigenvalue weighted by molar-refractivity contribution is 0.602. The van der Waals surface area contributed by atoms with E-state index in [4.69, 9.17) is 0 Å². The molecule has 0 spiro atoms. The SMILES string of the molecule is CC(Nc1cccnc1Br)c1ccc(S(C)(=O)=O)cc1. The topological polar surface area (TPSA) is 59.1 Å². The highest BCUT2D eigenvalue weighted by Gasteiger charge is 2.10. The first-order valence-electron chi connectivity index (χ1n) is 6.05. The van der Waals surface area contributed by atoms with Gasteiger partial charge in [-0.25, -0.2) is 13.4 Å². The quantitative estimate of drug-likeness (QED) is 0.854. The van der Waals surface area contributed by atoms with Crippen molar-refractivity contribution in [3.63, 3.8) is 0 Å². The smallest absolute Gasteiger partial charge is 0.175 e. The lowest BCUT2D eigenvalue weighted by Gasteiger charge is -2.16. The molecule has 2 aromatic rings. The van der Waals surface area contributed by atoms with Crippen LogP contribution >= 0.6 is 15.9 Å². The Balaban J connectivity index is 2.18. The normalized spacial score (nSPS) is 12.9. The minimum atomic E-state index is -3.15.